The molecule has 1 unspecified atom stereocenters. The highest BCUT2D eigenvalue weighted by Crippen LogP contribution is 2.38. The number of aromatic nitrogens is 1. The zero-order valence-corrected chi connectivity index (χ0v) is 17.5. The molecule has 1 atom stereocenters. The first-order valence-corrected chi connectivity index (χ1v) is 10.8. The number of benzene rings is 3. The summed E-state index contributed by atoms with van der Waals surface area (Å²) in [7, 11) is 0. The molecule has 31 heavy (non-hydrogen) atoms. The van der Waals surface area contributed by atoms with Gasteiger partial charge in [-0.2, -0.15) is 0 Å². The van der Waals surface area contributed by atoms with Gasteiger partial charge >= 0.3 is 0 Å². The Morgan fingerprint density at radius 3 is 2.48 bits per heavy atom. The van der Waals surface area contributed by atoms with Crippen LogP contribution < -0.4 is 5.32 Å². The molecule has 0 saturated heterocycles. The molecule has 0 radical (unpaired) electrons. The predicted octanol–water partition coefficient (Wildman–Crippen LogP) is 6.24. The summed E-state index contributed by atoms with van der Waals surface area (Å²) in [6.45, 7) is 2.03. The molecule has 0 aliphatic heterocycles. The second kappa shape index (κ2) is 8.23. The molecule has 1 N–H and O–H groups in total. The Kier molecular flexibility index (Phi) is 5.13. The van der Waals surface area contributed by atoms with E-state index in [1.54, 1.807) is 0 Å². The highest BCUT2D eigenvalue weighted by molar-refractivity contribution is 5.96. The van der Waals surface area contributed by atoms with E-state index in [4.69, 9.17) is 4.52 Å². The van der Waals surface area contributed by atoms with Crippen LogP contribution in [0.15, 0.2) is 83.4 Å². The average molecular weight is 409 g/mol. The quantitative estimate of drug-likeness (QED) is 0.425. The van der Waals surface area contributed by atoms with Gasteiger partial charge in [0.25, 0.3) is 0 Å². The lowest BCUT2D eigenvalue weighted by Crippen LogP contribution is -2.20. The minimum atomic E-state index is -0.165. The molecule has 1 aliphatic carbocycles. The number of amides is 1. The van der Waals surface area contributed by atoms with E-state index < -0.39 is 0 Å². The maximum absolute atomic E-state index is 12.8. The van der Waals surface area contributed by atoms with Crippen molar-refractivity contribution in [1.29, 1.82) is 0 Å². The fourth-order valence-electron chi connectivity index (χ4n) is 4.40. The van der Waals surface area contributed by atoms with Gasteiger partial charge in [-0.1, -0.05) is 66.7 Å². The molecule has 1 heterocycles. The Morgan fingerprint density at radius 1 is 0.968 bits per heavy atom. The lowest BCUT2D eigenvalue weighted by molar-refractivity contribution is -0.117. The maximum Gasteiger partial charge on any atom is 0.231 e. The Labute approximate surface area is 181 Å². The molecule has 154 valence electrons. The van der Waals surface area contributed by atoms with Gasteiger partial charge in [-0.25, -0.2) is 0 Å². The van der Waals surface area contributed by atoms with Crippen molar-refractivity contribution in [3.8, 4) is 22.6 Å². The van der Waals surface area contributed by atoms with Crippen molar-refractivity contribution in [3.63, 3.8) is 0 Å². The van der Waals surface area contributed by atoms with Gasteiger partial charge in [0, 0.05) is 22.4 Å². The molecule has 5 rings (SSSR count). The van der Waals surface area contributed by atoms with E-state index in [1.165, 1.54) is 5.56 Å². The third-order valence-electron chi connectivity index (χ3n) is 6.05. The van der Waals surface area contributed by atoms with Gasteiger partial charge in [-0.05, 0) is 54.7 Å². The monoisotopic (exact) mass is 408 g/mol. The number of aryl methyl sites for hydroxylation is 1. The van der Waals surface area contributed by atoms with Crippen LogP contribution >= 0.6 is 0 Å². The molecule has 0 saturated carbocycles. The molecule has 1 aromatic heterocycles. The molecule has 1 amide bonds. The fourth-order valence-corrected chi connectivity index (χ4v) is 4.40. The molecule has 3 aromatic carbocycles. The molecule has 4 aromatic rings. The van der Waals surface area contributed by atoms with E-state index >= 15 is 0 Å². The summed E-state index contributed by atoms with van der Waals surface area (Å²) in [6, 6.07) is 26.1. The normalized spacial score (nSPS) is 13.2. The number of carbonyl (C=O) groups is 1. The summed E-state index contributed by atoms with van der Waals surface area (Å²) in [4.78, 5) is 12.8. The van der Waals surface area contributed by atoms with Gasteiger partial charge in [0.1, 0.15) is 5.69 Å². The van der Waals surface area contributed by atoms with E-state index in [0.29, 0.717) is 0 Å². The number of nitrogens with one attached hydrogen (secondary N) is 1. The van der Waals surface area contributed by atoms with Crippen LogP contribution in [0.5, 0.6) is 0 Å². The Balaban J connectivity index is 1.36. The van der Waals surface area contributed by atoms with Crippen molar-refractivity contribution in [1.82, 2.24) is 5.16 Å². The molecule has 0 bridgehead atoms. The molecule has 0 spiro atoms. The van der Waals surface area contributed by atoms with Crippen LogP contribution in [0.1, 0.15) is 36.0 Å². The van der Waals surface area contributed by atoms with Crippen LogP contribution in [0.2, 0.25) is 0 Å². The number of hydrogen-bond donors (Lipinski definition) is 1. The van der Waals surface area contributed by atoms with Crippen molar-refractivity contribution in [2.45, 2.75) is 32.1 Å². The van der Waals surface area contributed by atoms with E-state index in [2.05, 4.69) is 28.7 Å². The van der Waals surface area contributed by atoms with Gasteiger partial charge in [-0.15, -0.1) is 0 Å². The molecule has 1 aliphatic rings. The topological polar surface area (TPSA) is 55.1 Å². The summed E-state index contributed by atoms with van der Waals surface area (Å²) in [5.74, 6) is 0.662. The highest BCUT2D eigenvalue weighted by Gasteiger charge is 2.24. The molecule has 0 fully saturated rings. The third-order valence-corrected chi connectivity index (χ3v) is 6.05. The number of rotatable bonds is 5. The fraction of sp³-hybridized carbons (Fsp3) is 0.185. The number of nitrogens with zero attached hydrogens (tertiary/aromatic N) is 1. The lowest BCUT2D eigenvalue weighted by Gasteiger charge is -2.16. The zero-order chi connectivity index (χ0) is 21.2. The Morgan fingerprint density at radius 2 is 1.71 bits per heavy atom. The number of hydrogen-bond acceptors (Lipinski definition) is 3. The molecular weight excluding hydrogens is 384 g/mol. The van der Waals surface area contributed by atoms with Crippen LogP contribution in [0.25, 0.3) is 22.6 Å². The first-order valence-electron chi connectivity index (χ1n) is 10.8. The first-order chi connectivity index (χ1) is 15.2. The SMILES string of the molecule is CCC(C(=O)Nc1ccc(-c2onc3c2CCc2ccccc2-3)cc1)c1ccccc1. The summed E-state index contributed by atoms with van der Waals surface area (Å²) < 4.78 is 5.76. The average Bonchev–Trinajstić information content (AvgIpc) is 3.25. The van der Waals surface area contributed by atoms with Crippen LogP contribution in [0, 0.1) is 0 Å². The Hall–Kier alpha value is -3.66. The second-order valence-electron chi connectivity index (χ2n) is 7.93. The van der Waals surface area contributed by atoms with Crippen molar-refractivity contribution in [3.05, 3.63) is 95.6 Å². The van der Waals surface area contributed by atoms with Crippen molar-refractivity contribution in [2.24, 2.45) is 0 Å². The van der Waals surface area contributed by atoms with Crippen molar-refractivity contribution >= 4 is 11.6 Å². The predicted molar refractivity (Wildman–Crippen MR) is 123 cm³/mol. The van der Waals surface area contributed by atoms with E-state index in [1.807, 2.05) is 67.6 Å². The van der Waals surface area contributed by atoms with E-state index in [-0.39, 0.29) is 11.8 Å². The summed E-state index contributed by atoms with van der Waals surface area (Å²) in [5, 5.41) is 7.42. The van der Waals surface area contributed by atoms with E-state index in [9.17, 15) is 4.79 Å². The van der Waals surface area contributed by atoms with Gasteiger partial charge in [0.2, 0.25) is 5.91 Å². The molecule has 4 nitrogen and oxygen atoms in total. The van der Waals surface area contributed by atoms with Crippen LogP contribution in [-0.2, 0) is 17.6 Å². The van der Waals surface area contributed by atoms with Crippen LogP contribution in [-0.4, -0.2) is 11.1 Å². The lowest BCUT2D eigenvalue weighted by atomic mass is 9.88. The number of anilines is 1. The minimum Gasteiger partial charge on any atom is -0.355 e. The largest absolute Gasteiger partial charge is 0.355 e. The Bertz CT molecular complexity index is 1210. The maximum atomic E-state index is 12.8. The molecule has 4 heteroatoms. The number of carbonyl (C=O) groups excluding carboxylic acids is 1. The van der Waals surface area contributed by atoms with Crippen LogP contribution in [0.3, 0.4) is 0 Å². The van der Waals surface area contributed by atoms with Gasteiger partial charge in [-0.3, -0.25) is 4.79 Å². The van der Waals surface area contributed by atoms with Crippen molar-refractivity contribution in [2.75, 3.05) is 5.32 Å². The zero-order valence-electron chi connectivity index (χ0n) is 17.5. The summed E-state index contributed by atoms with van der Waals surface area (Å²) >= 11 is 0. The standard InChI is InChI=1S/C27H24N2O2/c1-2-22(18-8-4-3-5-9-18)27(30)28-21-15-12-20(13-16-21)26-24-17-14-19-10-6-7-11-23(19)25(24)29-31-26/h3-13,15-16,22H,2,14,17H2,1H3,(H,28,30). The minimum absolute atomic E-state index is 0.00935. The molecular formula is C27H24N2O2. The smallest absolute Gasteiger partial charge is 0.231 e. The summed E-state index contributed by atoms with van der Waals surface area (Å²) in [6.07, 6.45) is 2.65. The van der Waals surface area contributed by atoms with Gasteiger partial charge < -0.3 is 9.84 Å². The van der Waals surface area contributed by atoms with Crippen molar-refractivity contribution < 1.29 is 9.32 Å². The number of fused-ring (bicyclic) bond motifs is 3. The van der Waals surface area contributed by atoms with Gasteiger partial charge in [0.05, 0.1) is 5.92 Å². The first kappa shape index (κ1) is 19.3. The third kappa shape index (κ3) is 3.66. The summed E-state index contributed by atoms with van der Waals surface area (Å²) in [5.41, 5.74) is 7.37. The highest BCUT2D eigenvalue weighted by atomic mass is 16.5. The van der Waals surface area contributed by atoms with Crippen LogP contribution in [0.4, 0.5) is 5.69 Å². The van der Waals surface area contributed by atoms with E-state index in [0.717, 1.165) is 58.7 Å². The van der Waals surface area contributed by atoms with Gasteiger partial charge in [0.15, 0.2) is 5.76 Å². The second-order valence-corrected chi connectivity index (χ2v) is 7.93.